The number of anilines is 1. The van der Waals surface area contributed by atoms with E-state index in [2.05, 4.69) is 15.4 Å². The molecule has 3 heterocycles. The molecule has 0 spiro atoms. The molecule has 1 aromatic heterocycles. The number of hydrogen-bond acceptors (Lipinski definition) is 4. The van der Waals surface area contributed by atoms with E-state index in [9.17, 15) is 0 Å². The van der Waals surface area contributed by atoms with Crippen LogP contribution in [0, 0.1) is 0 Å². The Balaban J connectivity index is 1.87. The first-order valence-corrected chi connectivity index (χ1v) is 5.24. The molecule has 0 saturated carbocycles. The largest absolute Gasteiger partial charge is 0.370 e. The van der Waals surface area contributed by atoms with Crippen LogP contribution in [-0.2, 0) is 11.3 Å². The van der Waals surface area contributed by atoms with Gasteiger partial charge in [-0.25, -0.2) is 4.68 Å². The highest BCUT2D eigenvalue weighted by Gasteiger charge is 2.24. The fourth-order valence-corrected chi connectivity index (χ4v) is 1.99. The Bertz CT molecular complexity index is 306. The summed E-state index contributed by atoms with van der Waals surface area (Å²) in [6.45, 7) is 2.83. The van der Waals surface area contributed by atoms with Crippen molar-refractivity contribution in [1.82, 2.24) is 14.8 Å². The molecule has 3 rings (SSSR count). The summed E-state index contributed by atoms with van der Waals surface area (Å²) in [6, 6.07) is 0. The van der Waals surface area contributed by atoms with Crippen LogP contribution in [0.15, 0.2) is 0 Å². The van der Waals surface area contributed by atoms with Gasteiger partial charge in [-0.05, 0) is 19.3 Å². The van der Waals surface area contributed by atoms with Crippen LogP contribution in [0.2, 0.25) is 0 Å². The van der Waals surface area contributed by atoms with E-state index in [1.54, 1.807) is 0 Å². The maximum atomic E-state index is 5.55. The number of aromatic nitrogens is 3. The smallest absolute Gasteiger partial charge is 0.221 e. The standard InChI is InChI=1S/C9H14N4O/c1-3-7(14-6-1)8-11-9-10-4-2-5-13(9)12-8/h7H,1-6H2,(H,10,11,12). The van der Waals surface area contributed by atoms with Gasteiger partial charge in [-0.2, -0.15) is 10.1 Å². The van der Waals surface area contributed by atoms with Crippen molar-refractivity contribution in [3.63, 3.8) is 0 Å². The fraction of sp³-hybridized carbons (Fsp3) is 0.778. The zero-order valence-electron chi connectivity index (χ0n) is 8.07. The van der Waals surface area contributed by atoms with Gasteiger partial charge in [0.15, 0.2) is 5.82 Å². The van der Waals surface area contributed by atoms with Crippen LogP contribution >= 0.6 is 0 Å². The van der Waals surface area contributed by atoms with Gasteiger partial charge in [0.05, 0.1) is 0 Å². The second-order valence-corrected chi connectivity index (χ2v) is 3.80. The molecule has 5 nitrogen and oxygen atoms in total. The molecule has 1 atom stereocenters. The van der Waals surface area contributed by atoms with Crippen LogP contribution in [0.3, 0.4) is 0 Å². The van der Waals surface area contributed by atoms with E-state index in [4.69, 9.17) is 4.74 Å². The van der Waals surface area contributed by atoms with Crippen molar-refractivity contribution < 1.29 is 4.74 Å². The Morgan fingerprint density at radius 3 is 3.21 bits per heavy atom. The Morgan fingerprint density at radius 2 is 2.43 bits per heavy atom. The second-order valence-electron chi connectivity index (χ2n) is 3.80. The number of hydrogen-bond donors (Lipinski definition) is 1. The summed E-state index contributed by atoms with van der Waals surface area (Å²) in [6.07, 6.45) is 3.45. The Morgan fingerprint density at radius 1 is 1.43 bits per heavy atom. The first kappa shape index (κ1) is 8.23. The molecule has 2 aliphatic heterocycles. The molecule has 5 heteroatoms. The molecule has 1 saturated heterocycles. The van der Waals surface area contributed by atoms with Crippen molar-refractivity contribution in [3.05, 3.63) is 5.82 Å². The van der Waals surface area contributed by atoms with Gasteiger partial charge in [0, 0.05) is 19.7 Å². The molecule has 1 unspecified atom stereocenters. The zero-order valence-corrected chi connectivity index (χ0v) is 8.07. The maximum absolute atomic E-state index is 5.55. The second kappa shape index (κ2) is 3.24. The van der Waals surface area contributed by atoms with Gasteiger partial charge < -0.3 is 10.1 Å². The summed E-state index contributed by atoms with van der Waals surface area (Å²) < 4.78 is 7.50. The molecule has 0 radical (unpaired) electrons. The quantitative estimate of drug-likeness (QED) is 0.723. The van der Waals surface area contributed by atoms with E-state index < -0.39 is 0 Å². The van der Waals surface area contributed by atoms with E-state index in [-0.39, 0.29) is 6.10 Å². The van der Waals surface area contributed by atoms with Crippen LogP contribution in [0.5, 0.6) is 0 Å². The lowest BCUT2D eigenvalue weighted by Crippen LogP contribution is -2.17. The fourth-order valence-electron chi connectivity index (χ4n) is 1.99. The lowest BCUT2D eigenvalue weighted by atomic mass is 10.2. The van der Waals surface area contributed by atoms with Crippen LogP contribution in [-0.4, -0.2) is 27.9 Å². The highest BCUT2D eigenvalue weighted by molar-refractivity contribution is 5.27. The third kappa shape index (κ3) is 1.28. The van der Waals surface area contributed by atoms with Gasteiger partial charge in [0.2, 0.25) is 5.95 Å². The predicted molar refractivity (Wildman–Crippen MR) is 51.1 cm³/mol. The van der Waals surface area contributed by atoms with Gasteiger partial charge in [0.1, 0.15) is 6.10 Å². The van der Waals surface area contributed by atoms with Crippen molar-refractivity contribution in [3.8, 4) is 0 Å². The van der Waals surface area contributed by atoms with Crippen molar-refractivity contribution in [2.75, 3.05) is 18.5 Å². The van der Waals surface area contributed by atoms with Crippen LogP contribution in [0.25, 0.3) is 0 Å². The molecule has 14 heavy (non-hydrogen) atoms. The monoisotopic (exact) mass is 194 g/mol. The molecule has 0 amide bonds. The Hall–Kier alpha value is -1.10. The van der Waals surface area contributed by atoms with Crippen molar-refractivity contribution in [1.29, 1.82) is 0 Å². The average molecular weight is 194 g/mol. The molecule has 0 bridgehead atoms. The minimum atomic E-state index is 0.134. The minimum Gasteiger partial charge on any atom is -0.370 e. The first-order chi connectivity index (χ1) is 6.93. The van der Waals surface area contributed by atoms with Gasteiger partial charge in [-0.3, -0.25) is 0 Å². The number of aryl methyl sites for hydroxylation is 1. The lowest BCUT2D eigenvalue weighted by Gasteiger charge is -2.12. The number of nitrogens with zero attached hydrogens (tertiary/aromatic N) is 3. The molecule has 2 aliphatic rings. The zero-order chi connectivity index (χ0) is 9.38. The van der Waals surface area contributed by atoms with Gasteiger partial charge >= 0.3 is 0 Å². The average Bonchev–Trinajstić information content (AvgIpc) is 2.86. The molecule has 1 aromatic rings. The summed E-state index contributed by atoms with van der Waals surface area (Å²) in [5.41, 5.74) is 0. The van der Waals surface area contributed by atoms with E-state index in [1.807, 2.05) is 4.68 Å². The van der Waals surface area contributed by atoms with Crippen LogP contribution < -0.4 is 5.32 Å². The molecular formula is C9H14N4O. The molecule has 1 N–H and O–H groups in total. The lowest BCUT2D eigenvalue weighted by molar-refractivity contribution is 0.105. The van der Waals surface area contributed by atoms with Crippen LogP contribution in [0.1, 0.15) is 31.2 Å². The van der Waals surface area contributed by atoms with E-state index in [1.165, 1.54) is 0 Å². The number of fused-ring (bicyclic) bond motifs is 1. The van der Waals surface area contributed by atoms with E-state index in [0.29, 0.717) is 0 Å². The molecular weight excluding hydrogens is 180 g/mol. The van der Waals surface area contributed by atoms with Crippen molar-refractivity contribution in [2.45, 2.75) is 31.9 Å². The highest BCUT2D eigenvalue weighted by atomic mass is 16.5. The van der Waals surface area contributed by atoms with Gasteiger partial charge in [-0.1, -0.05) is 0 Å². The molecule has 0 aliphatic carbocycles. The summed E-state index contributed by atoms with van der Waals surface area (Å²) in [4.78, 5) is 4.45. The molecule has 76 valence electrons. The molecule has 0 aromatic carbocycles. The first-order valence-electron chi connectivity index (χ1n) is 5.24. The summed E-state index contributed by atoms with van der Waals surface area (Å²) in [5.74, 6) is 1.76. The SMILES string of the molecule is C1COC(c2nc3n(n2)CCCN3)C1. The third-order valence-electron chi connectivity index (χ3n) is 2.74. The summed E-state index contributed by atoms with van der Waals surface area (Å²) in [7, 11) is 0. The topological polar surface area (TPSA) is 52.0 Å². The number of ether oxygens (including phenoxy) is 1. The van der Waals surface area contributed by atoms with Crippen molar-refractivity contribution >= 4 is 5.95 Å². The van der Waals surface area contributed by atoms with Crippen LogP contribution in [0.4, 0.5) is 5.95 Å². The maximum Gasteiger partial charge on any atom is 0.221 e. The predicted octanol–water partition coefficient (Wildman–Crippen LogP) is 0.945. The van der Waals surface area contributed by atoms with Crippen molar-refractivity contribution in [2.24, 2.45) is 0 Å². The highest BCUT2D eigenvalue weighted by Crippen LogP contribution is 2.27. The summed E-state index contributed by atoms with van der Waals surface area (Å²) >= 11 is 0. The van der Waals surface area contributed by atoms with E-state index in [0.717, 1.165) is 50.7 Å². The third-order valence-corrected chi connectivity index (χ3v) is 2.74. The number of nitrogens with one attached hydrogen (secondary N) is 1. The Labute approximate surface area is 82.5 Å². The Kier molecular flexibility index (Phi) is 1.90. The molecule has 1 fully saturated rings. The van der Waals surface area contributed by atoms with E-state index >= 15 is 0 Å². The van der Waals surface area contributed by atoms with Gasteiger partial charge in [0.25, 0.3) is 0 Å². The normalized spacial score (nSPS) is 25.9. The summed E-state index contributed by atoms with van der Waals surface area (Å²) in [5, 5.41) is 7.69. The minimum absolute atomic E-state index is 0.134. The number of rotatable bonds is 1. The van der Waals surface area contributed by atoms with Gasteiger partial charge in [-0.15, -0.1) is 0 Å².